The van der Waals surface area contributed by atoms with Crippen LogP contribution in [0.25, 0.3) is 0 Å². The van der Waals surface area contributed by atoms with Crippen LogP contribution in [0, 0.1) is 0 Å². The van der Waals surface area contributed by atoms with Crippen molar-refractivity contribution in [1.29, 1.82) is 0 Å². The summed E-state index contributed by atoms with van der Waals surface area (Å²) in [4.78, 5) is 15.1. The van der Waals surface area contributed by atoms with E-state index in [0.29, 0.717) is 23.1 Å². The lowest BCUT2D eigenvalue weighted by Gasteiger charge is -2.29. The third-order valence-corrected chi connectivity index (χ3v) is 4.07. The highest BCUT2D eigenvalue weighted by Crippen LogP contribution is 2.27. The van der Waals surface area contributed by atoms with Gasteiger partial charge in [-0.1, -0.05) is 13.8 Å². The predicted octanol–water partition coefficient (Wildman–Crippen LogP) is 3.63. The van der Waals surface area contributed by atoms with Crippen LogP contribution in [0.5, 0.6) is 5.75 Å². The summed E-state index contributed by atoms with van der Waals surface area (Å²) in [6, 6.07) is 2.06. The second kappa shape index (κ2) is 7.64. The highest BCUT2D eigenvalue weighted by molar-refractivity contribution is 7.12. The van der Waals surface area contributed by atoms with E-state index in [-0.39, 0.29) is 11.9 Å². The zero-order valence-corrected chi connectivity index (χ0v) is 12.7. The van der Waals surface area contributed by atoms with Crippen molar-refractivity contribution in [3.05, 3.63) is 16.3 Å². The van der Waals surface area contributed by atoms with Crippen LogP contribution in [0.15, 0.2) is 11.4 Å². The van der Waals surface area contributed by atoms with E-state index in [1.54, 1.807) is 7.11 Å². The zero-order valence-electron chi connectivity index (χ0n) is 11.1. The van der Waals surface area contributed by atoms with Crippen LogP contribution in [0.2, 0.25) is 0 Å². The Morgan fingerprint density at radius 1 is 1.50 bits per heavy atom. The van der Waals surface area contributed by atoms with Gasteiger partial charge in [-0.25, -0.2) is 0 Å². The molecule has 1 rings (SSSR count). The molecule has 3 nitrogen and oxygen atoms in total. The minimum absolute atomic E-state index is 0.0243. The summed E-state index contributed by atoms with van der Waals surface area (Å²) in [5, 5.41) is 1.87. The van der Waals surface area contributed by atoms with Gasteiger partial charge in [-0.15, -0.1) is 22.9 Å². The molecule has 0 unspecified atom stereocenters. The summed E-state index contributed by atoms with van der Waals surface area (Å²) in [6.45, 7) is 4.76. The summed E-state index contributed by atoms with van der Waals surface area (Å²) in [6.07, 6.45) is 1.87. The third-order valence-electron chi connectivity index (χ3n) is 3.01. The van der Waals surface area contributed by atoms with Gasteiger partial charge in [0, 0.05) is 18.5 Å². The van der Waals surface area contributed by atoms with Gasteiger partial charge in [0.25, 0.3) is 5.91 Å². The first kappa shape index (κ1) is 15.3. The van der Waals surface area contributed by atoms with E-state index in [0.717, 1.165) is 12.8 Å². The lowest BCUT2D eigenvalue weighted by Crippen LogP contribution is -2.40. The molecule has 0 aromatic carbocycles. The fourth-order valence-electron chi connectivity index (χ4n) is 2.02. The van der Waals surface area contributed by atoms with Crippen LogP contribution >= 0.6 is 22.9 Å². The van der Waals surface area contributed by atoms with Crippen LogP contribution in [-0.4, -0.2) is 36.4 Å². The second-order valence-corrected chi connectivity index (χ2v) is 5.27. The summed E-state index contributed by atoms with van der Waals surface area (Å²) in [5.74, 6) is 1.13. The Kier molecular flexibility index (Phi) is 6.50. The molecule has 0 radical (unpaired) electrons. The number of carbonyl (C=O) groups is 1. The van der Waals surface area contributed by atoms with Gasteiger partial charge in [0.15, 0.2) is 0 Å². The number of rotatable bonds is 7. The van der Waals surface area contributed by atoms with E-state index >= 15 is 0 Å². The zero-order chi connectivity index (χ0) is 13.5. The second-order valence-electron chi connectivity index (χ2n) is 3.98. The Balaban J connectivity index is 2.95. The number of hydrogen-bond donors (Lipinski definition) is 0. The molecule has 1 aromatic heterocycles. The Morgan fingerprint density at radius 3 is 2.67 bits per heavy atom. The van der Waals surface area contributed by atoms with Gasteiger partial charge in [0.1, 0.15) is 10.6 Å². The predicted molar refractivity (Wildman–Crippen MR) is 77.0 cm³/mol. The molecule has 0 saturated heterocycles. The van der Waals surface area contributed by atoms with Crippen LogP contribution in [0.1, 0.15) is 36.4 Å². The largest absolute Gasteiger partial charge is 0.495 e. The van der Waals surface area contributed by atoms with E-state index in [1.165, 1.54) is 11.3 Å². The van der Waals surface area contributed by atoms with Crippen molar-refractivity contribution >= 4 is 28.8 Å². The number of carbonyl (C=O) groups excluding carboxylic acids is 1. The summed E-state index contributed by atoms with van der Waals surface area (Å²) >= 11 is 7.23. The SMILES string of the molecule is CCC(CC)N(CCCl)C(=O)c1sccc1OC. The average molecular weight is 290 g/mol. The first-order valence-corrected chi connectivity index (χ1v) is 7.59. The topological polar surface area (TPSA) is 29.5 Å². The van der Waals surface area contributed by atoms with Gasteiger partial charge in [0.2, 0.25) is 0 Å². The number of nitrogens with zero attached hydrogens (tertiary/aromatic N) is 1. The molecular formula is C13H20ClNO2S. The van der Waals surface area contributed by atoms with Crippen molar-refractivity contribution in [3.63, 3.8) is 0 Å². The van der Waals surface area contributed by atoms with Gasteiger partial charge in [-0.3, -0.25) is 4.79 Å². The van der Waals surface area contributed by atoms with Gasteiger partial charge in [-0.05, 0) is 24.3 Å². The van der Waals surface area contributed by atoms with E-state index in [1.807, 2.05) is 16.3 Å². The fraction of sp³-hybridized carbons (Fsp3) is 0.615. The molecule has 0 spiro atoms. The molecule has 1 heterocycles. The summed E-state index contributed by atoms with van der Waals surface area (Å²) < 4.78 is 5.21. The summed E-state index contributed by atoms with van der Waals surface area (Å²) in [7, 11) is 1.59. The fourth-order valence-corrected chi connectivity index (χ4v) is 3.01. The van der Waals surface area contributed by atoms with E-state index < -0.39 is 0 Å². The van der Waals surface area contributed by atoms with Crippen LogP contribution in [0.3, 0.4) is 0 Å². The molecule has 0 aliphatic heterocycles. The maximum Gasteiger partial charge on any atom is 0.268 e. The smallest absolute Gasteiger partial charge is 0.268 e. The number of alkyl halides is 1. The molecule has 0 fully saturated rings. The van der Waals surface area contributed by atoms with Gasteiger partial charge < -0.3 is 9.64 Å². The molecule has 1 aromatic rings. The van der Waals surface area contributed by atoms with Crippen molar-refractivity contribution in [2.24, 2.45) is 0 Å². The van der Waals surface area contributed by atoms with E-state index in [4.69, 9.17) is 16.3 Å². The monoisotopic (exact) mass is 289 g/mol. The third kappa shape index (κ3) is 3.39. The normalized spacial score (nSPS) is 10.7. The minimum Gasteiger partial charge on any atom is -0.495 e. The number of halogens is 1. The Labute approximate surface area is 118 Å². The van der Waals surface area contributed by atoms with E-state index in [9.17, 15) is 4.79 Å². The maximum atomic E-state index is 12.5. The Bertz CT molecular complexity index is 377. The lowest BCUT2D eigenvalue weighted by atomic mass is 10.1. The number of ether oxygens (including phenoxy) is 1. The maximum absolute atomic E-state index is 12.5. The molecule has 5 heteroatoms. The van der Waals surface area contributed by atoms with E-state index in [2.05, 4.69) is 13.8 Å². The molecule has 0 saturated carbocycles. The van der Waals surface area contributed by atoms with Gasteiger partial charge >= 0.3 is 0 Å². The van der Waals surface area contributed by atoms with Crippen molar-refractivity contribution in [2.75, 3.05) is 19.5 Å². The van der Waals surface area contributed by atoms with Crippen molar-refractivity contribution in [1.82, 2.24) is 4.90 Å². The molecule has 0 bridgehead atoms. The molecule has 18 heavy (non-hydrogen) atoms. The standard InChI is InChI=1S/C13H20ClNO2S/c1-4-10(5-2)15(8-7-14)13(16)12-11(17-3)6-9-18-12/h6,9-10H,4-5,7-8H2,1-3H3. The lowest BCUT2D eigenvalue weighted by molar-refractivity contribution is 0.0683. The van der Waals surface area contributed by atoms with Crippen LogP contribution < -0.4 is 4.74 Å². The minimum atomic E-state index is 0.0243. The van der Waals surface area contributed by atoms with Crippen LogP contribution in [0.4, 0.5) is 0 Å². The van der Waals surface area contributed by atoms with Crippen molar-refractivity contribution < 1.29 is 9.53 Å². The molecule has 1 amide bonds. The number of hydrogen-bond acceptors (Lipinski definition) is 3. The molecule has 102 valence electrons. The molecule has 0 aliphatic carbocycles. The highest BCUT2D eigenvalue weighted by Gasteiger charge is 2.25. The number of methoxy groups -OCH3 is 1. The molecule has 0 N–H and O–H groups in total. The van der Waals surface area contributed by atoms with Crippen LogP contribution in [-0.2, 0) is 0 Å². The molecular weight excluding hydrogens is 270 g/mol. The molecule has 0 aliphatic rings. The van der Waals surface area contributed by atoms with Gasteiger partial charge in [-0.2, -0.15) is 0 Å². The highest BCUT2D eigenvalue weighted by atomic mass is 35.5. The molecule has 0 atom stereocenters. The average Bonchev–Trinajstić information content (AvgIpc) is 2.86. The van der Waals surface area contributed by atoms with Crippen molar-refractivity contribution in [2.45, 2.75) is 32.7 Å². The number of thiophene rings is 1. The Morgan fingerprint density at radius 2 is 2.17 bits per heavy atom. The van der Waals surface area contributed by atoms with Gasteiger partial charge in [0.05, 0.1) is 7.11 Å². The number of amides is 1. The quantitative estimate of drug-likeness (QED) is 0.718. The first-order valence-electron chi connectivity index (χ1n) is 6.17. The summed E-state index contributed by atoms with van der Waals surface area (Å²) in [5.41, 5.74) is 0. The first-order chi connectivity index (χ1) is 8.69. The Hall–Kier alpha value is -0.740. The van der Waals surface area contributed by atoms with Crippen molar-refractivity contribution in [3.8, 4) is 5.75 Å².